The summed E-state index contributed by atoms with van der Waals surface area (Å²) in [6.45, 7) is 2.08. The highest BCUT2D eigenvalue weighted by atomic mass is 79.9. The van der Waals surface area contributed by atoms with Gasteiger partial charge in [-0.15, -0.1) is 0 Å². The summed E-state index contributed by atoms with van der Waals surface area (Å²) in [4.78, 5) is 10.9. The van der Waals surface area contributed by atoms with Gasteiger partial charge in [-0.25, -0.2) is 4.79 Å². The number of hydrogen-bond acceptors (Lipinski definition) is 3. The number of carboxylic acids is 1. The summed E-state index contributed by atoms with van der Waals surface area (Å²) in [5.41, 5.74) is 0.213. The molecule has 92 valence electrons. The van der Waals surface area contributed by atoms with Gasteiger partial charge in [0, 0.05) is 17.0 Å². The molecule has 0 radical (unpaired) electrons. The molecular weight excluding hydrogens is 288 g/mol. The molecule has 2 rings (SSSR count). The molecule has 1 aromatic carbocycles. The van der Waals surface area contributed by atoms with Crippen molar-refractivity contribution in [2.24, 2.45) is 5.92 Å². The van der Waals surface area contributed by atoms with E-state index in [4.69, 9.17) is 14.6 Å². The van der Waals surface area contributed by atoms with E-state index in [0.717, 1.165) is 19.6 Å². The first-order valence-corrected chi connectivity index (χ1v) is 6.19. The summed E-state index contributed by atoms with van der Waals surface area (Å²) in [5, 5.41) is 8.96. The van der Waals surface area contributed by atoms with Gasteiger partial charge in [0.1, 0.15) is 5.75 Å². The van der Waals surface area contributed by atoms with Crippen LogP contribution in [0.25, 0.3) is 0 Å². The Labute approximate surface area is 108 Å². The Morgan fingerprint density at radius 3 is 3.06 bits per heavy atom. The lowest BCUT2D eigenvalue weighted by molar-refractivity contribution is 0.0695. The number of carbonyl (C=O) groups is 1. The highest BCUT2D eigenvalue weighted by molar-refractivity contribution is 9.10. The van der Waals surface area contributed by atoms with E-state index in [2.05, 4.69) is 15.9 Å². The second-order valence-corrected chi connectivity index (χ2v) is 4.84. The number of hydrogen-bond donors (Lipinski definition) is 1. The molecule has 0 spiro atoms. The minimum atomic E-state index is -0.966. The van der Waals surface area contributed by atoms with E-state index in [0.29, 0.717) is 22.7 Å². The molecule has 1 aliphatic heterocycles. The third-order valence-corrected chi connectivity index (χ3v) is 3.37. The normalized spacial score (nSPS) is 19.2. The number of rotatable bonds is 4. The number of halogens is 1. The Morgan fingerprint density at radius 2 is 2.41 bits per heavy atom. The molecule has 0 aliphatic carbocycles. The minimum Gasteiger partial charge on any atom is -0.493 e. The average Bonchev–Trinajstić information content (AvgIpc) is 2.80. The molecule has 17 heavy (non-hydrogen) atoms. The second-order valence-electron chi connectivity index (χ2n) is 3.99. The zero-order chi connectivity index (χ0) is 12.3. The van der Waals surface area contributed by atoms with Gasteiger partial charge in [-0.1, -0.05) is 0 Å². The topological polar surface area (TPSA) is 55.8 Å². The van der Waals surface area contributed by atoms with Crippen molar-refractivity contribution in [3.05, 3.63) is 28.2 Å². The van der Waals surface area contributed by atoms with Crippen LogP contribution in [0, 0.1) is 5.92 Å². The van der Waals surface area contributed by atoms with Crippen molar-refractivity contribution in [3.63, 3.8) is 0 Å². The maximum atomic E-state index is 10.9. The Kier molecular flexibility index (Phi) is 4.02. The van der Waals surface area contributed by atoms with E-state index in [-0.39, 0.29) is 5.56 Å². The summed E-state index contributed by atoms with van der Waals surface area (Å²) < 4.78 is 11.4. The third kappa shape index (κ3) is 3.20. The number of benzene rings is 1. The van der Waals surface area contributed by atoms with Crippen LogP contribution in [0.15, 0.2) is 22.7 Å². The van der Waals surface area contributed by atoms with E-state index >= 15 is 0 Å². The summed E-state index contributed by atoms with van der Waals surface area (Å²) in [7, 11) is 0. The van der Waals surface area contributed by atoms with E-state index in [1.54, 1.807) is 12.1 Å². The van der Waals surface area contributed by atoms with E-state index in [1.165, 1.54) is 6.07 Å². The highest BCUT2D eigenvalue weighted by Gasteiger charge is 2.17. The predicted molar refractivity (Wildman–Crippen MR) is 65.5 cm³/mol. The lowest BCUT2D eigenvalue weighted by Gasteiger charge is -2.11. The standard InChI is InChI=1S/C12H13BrO4/c13-11-2-1-9(5-10(11)12(14)15)17-7-8-3-4-16-6-8/h1-2,5,8H,3-4,6-7H2,(H,14,15). The first kappa shape index (κ1) is 12.4. The summed E-state index contributed by atoms with van der Waals surface area (Å²) in [5.74, 6) is 0.0240. The smallest absolute Gasteiger partial charge is 0.336 e. The largest absolute Gasteiger partial charge is 0.493 e. The van der Waals surface area contributed by atoms with Crippen LogP contribution < -0.4 is 4.74 Å². The van der Waals surface area contributed by atoms with Crippen LogP contribution >= 0.6 is 15.9 Å². The highest BCUT2D eigenvalue weighted by Crippen LogP contribution is 2.23. The fourth-order valence-electron chi connectivity index (χ4n) is 1.69. The van der Waals surface area contributed by atoms with Crippen LogP contribution in [0.5, 0.6) is 5.75 Å². The number of aromatic carboxylic acids is 1. The average molecular weight is 301 g/mol. The van der Waals surface area contributed by atoms with Gasteiger partial charge in [0.15, 0.2) is 0 Å². The fraction of sp³-hybridized carbons (Fsp3) is 0.417. The van der Waals surface area contributed by atoms with Crippen LogP contribution in [0.4, 0.5) is 0 Å². The van der Waals surface area contributed by atoms with Crippen molar-refractivity contribution in [2.45, 2.75) is 6.42 Å². The Balaban J connectivity index is 2.00. The molecular formula is C12H13BrO4. The third-order valence-electron chi connectivity index (χ3n) is 2.68. The predicted octanol–water partition coefficient (Wildman–Crippen LogP) is 2.56. The summed E-state index contributed by atoms with van der Waals surface area (Å²) in [6, 6.07) is 4.97. The lowest BCUT2D eigenvalue weighted by Crippen LogP contribution is -2.12. The van der Waals surface area contributed by atoms with Crippen molar-refractivity contribution in [3.8, 4) is 5.75 Å². The van der Waals surface area contributed by atoms with Gasteiger partial charge in [0.05, 0.1) is 18.8 Å². The molecule has 0 amide bonds. The van der Waals surface area contributed by atoms with Crippen LogP contribution in [-0.2, 0) is 4.74 Å². The molecule has 1 N–H and O–H groups in total. The molecule has 0 aromatic heterocycles. The minimum absolute atomic E-state index is 0.213. The van der Waals surface area contributed by atoms with E-state index < -0.39 is 5.97 Å². The quantitative estimate of drug-likeness (QED) is 0.928. The van der Waals surface area contributed by atoms with Gasteiger partial charge in [0.2, 0.25) is 0 Å². The molecule has 5 heteroatoms. The second kappa shape index (κ2) is 5.51. The molecule has 1 saturated heterocycles. The van der Waals surface area contributed by atoms with E-state index in [1.807, 2.05) is 0 Å². The maximum Gasteiger partial charge on any atom is 0.336 e. The molecule has 1 aliphatic rings. The van der Waals surface area contributed by atoms with E-state index in [9.17, 15) is 4.79 Å². The lowest BCUT2D eigenvalue weighted by atomic mass is 10.1. The molecule has 4 nitrogen and oxygen atoms in total. The zero-order valence-corrected chi connectivity index (χ0v) is 10.8. The molecule has 0 saturated carbocycles. The molecule has 1 fully saturated rings. The molecule has 0 bridgehead atoms. The Morgan fingerprint density at radius 1 is 1.59 bits per heavy atom. The first-order chi connectivity index (χ1) is 8.16. The molecule has 1 aromatic rings. The molecule has 1 atom stereocenters. The monoisotopic (exact) mass is 300 g/mol. The van der Waals surface area contributed by atoms with Crippen LogP contribution in [0.1, 0.15) is 16.8 Å². The Bertz CT molecular complexity index is 413. The maximum absolute atomic E-state index is 10.9. The van der Waals surface area contributed by atoms with Crippen molar-refractivity contribution >= 4 is 21.9 Å². The number of ether oxygens (including phenoxy) is 2. The summed E-state index contributed by atoms with van der Waals surface area (Å²) in [6.07, 6.45) is 1.00. The van der Waals surface area contributed by atoms with Crippen LogP contribution in [0.2, 0.25) is 0 Å². The van der Waals surface area contributed by atoms with Crippen molar-refractivity contribution in [2.75, 3.05) is 19.8 Å². The van der Waals surface area contributed by atoms with Gasteiger partial charge in [-0.05, 0) is 40.5 Å². The van der Waals surface area contributed by atoms with Gasteiger partial charge in [-0.3, -0.25) is 0 Å². The van der Waals surface area contributed by atoms with Gasteiger partial charge >= 0.3 is 5.97 Å². The summed E-state index contributed by atoms with van der Waals surface area (Å²) >= 11 is 3.19. The van der Waals surface area contributed by atoms with Gasteiger partial charge in [-0.2, -0.15) is 0 Å². The van der Waals surface area contributed by atoms with Crippen LogP contribution in [0.3, 0.4) is 0 Å². The van der Waals surface area contributed by atoms with Crippen molar-refractivity contribution in [1.82, 2.24) is 0 Å². The fourth-order valence-corrected chi connectivity index (χ4v) is 2.10. The first-order valence-electron chi connectivity index (χ1n) is 5.40. The Hall–Kier alpha value is -1.07. The molecule has 1 heterocycles. The zero-order valence-electron chi connectivity index (χ0n) is 9.19. The number of carboxylic acid groups (broad SMARTS) is 1. The van der Waals surface area contributed by atoms with Crippen molar-refractivity contribution < 1.29 is 19.4 Å². The molecule has 1 unspecified atom stereocenters. The SMILES string of the molecule is O=C(O)c1cc(OCC2CCOC2)ccc1Br. The van der Waals surface area contributed by atoms with Gasteiger partial charge in [0.25, 0.3) is 0 Å². The van der Waals surface area contributed by atoms with Crippen LogP contribution in [-0.4, -0.2) is 30.9 Å². The van der Waals surface area contributed by atoms with Crippen molar-refractivity contribution in [1.29, 1.82) is 0 Å². The van der Waals surface area contributed by atoms with Gasteiger partial charge < -0.3 is 14.6 Å².